The highest BCUT2D eigenvalue weighted by molar-refractivity contribution is 5.63. The van der Waals surface area contributed by atoms with Crippen molar-refractivity contribution in [3.8, 4) is 11.3 Å². The van der Waals surface area contributed by atoms with Crippen LogP contribution in [0, 0.1) is 6.92 Å². The van der Waals surface area contributed by atoms with Gasteiger partial charge in [0, 0.05) is 24.6 Å². The lowest BCUT2D eigenvalue weighted by atomic mass is 10.1. The normalized spacial score (nSPS) is 11.1. The Morgan fingerprint density at radius 2 is 1.90 bits per heavy atom. The van der Waals surface area contributed by atoms with Crippen molar-refractivity contribution in [1.29, 1.82) is 0 Å². The van der Waals surface area contributed by atoms with E-state index in [2.05, 4.69) is 52.8 Å². The van der Waals surface area contributed by atoms with Gasteiger partial charge in [-0.15, -0.1) is 0 Å². The average Bonchev–Trinajstić information content (AvgIpc) is 2.91. The fourth-order valence-corrected chi connectivity index (χ4v) is 2.35. The molecule has 0 bridgehead atoms. The molecule has 0 unspecified atom stereocenters. The van der Waals surface area contributed by atoms with E-state index in [0.717, 1.165) is 29.9 Å². The molecule has 0 radical (unpaired) electrons. The topological polar surface area (TPSA) is 26.5 Å². The number of benzene rings is 1. The number of aryl methyl sites for hydroxylation is 1. The molecule has 0 aliphatic rings. The molecule has 1 aromatic carbocycles. The summed E-state index contributed by atoms with van der Waals surface area (Å²) < 4.78 is 7.22. The van der Waals surface area contributed by atoms with E-state index in [-0.39, 0.29) is 0 Å². The van der Waals surface area contributed by atoms with Gasteiger partial charge in [-0.1, -0.05) is 30.3 Å². The number of imidazole rings is 1. The van der Waals surface area contributed by atoms with Crippen LogP contribution in [0.5, 0.6) is 0 Å². The summed E-state index contributed by atoms with van der Waals surface area (Å²) in [6.07, 6.45) is 3.04. The Bertz CT molecular complexity index is 713. The molecular weight excluding hydrogens is 248 g/mol. The van der Waals surface area contributed by atoms with Crippen molar-refractivity contribution in [3.05, 3.63) is 59.9 Å². The first-order chi connectivity index (χ1) is 9.78. The maximum absolute atomic E-state index is 5.10. The predicted molar refractivity (Wildman–Crippen MR) is 80.9 cm³/mol. The maximum atomic E-state index is 5.10. The summed E-state index contributed by atoms with van der Waals surface area (Å²) in [6.45, 7) is 2.85. The Kier molecular flexibility index (Phi) is 3.52. The molecule has 102 valence electrons. The third kappa shape index (κ3) is 2.45. The Labute approximate surface area is 118 Å². The third-order valence-electron chi connectivity index (χ3n) is 3.54. The number of rotatable bonds is 4. The molecule has 20 heavy (non-hydrogen) atoms. The van der Waals surface area contributed by atoms with E-state index >= 15 is 0 Å². The number of fused-ring (bicyclic) bond motifs is 1. The molecule has 0 spiro atoms. The lowest BCUT2D eigenvalue weighted by Gasteiger charge is -2.01. The molecule has 3 heteroatoms. The lowest BCUT2D eigenvalue weighted by molar-refractivity contribution is 0.202. The number of nitrogens with zero attached hydrogens (tertiary/aromatic N) is 2. The number of pyridine rings is 1. The molecular formula is C17H18N2O. The van der Waals surface area contributed by atoms with Gasteiger partial charge in [0.05, 0.1) is 12.3 Å². The highest BCUT2D eigenvalue weighted by atomic mass is 16.5. The molecule has 0 saturated carbocycles. The van der Waals surface area contributed by atoms with Gasteiger partial charge in [0.15, 0.2) is 0 Å². The molecule has 3 rings (SSSR count). The molecule has 0 fully saturated rings. The van der Waals surface area contributed by atoms with Crippen LogP contribution in [0.4, 0.5) is 0 Å². The first kappa shape index (κ1) is 12.9. The Morgan fingerprint density at radius 1 is 1.10 bits per heavy atom. The first-order valence-corrected chi connectivity index (χ1v) is 6.81. The first-order valence-electron chi connectivity index (χ1n) is 6.81. The van der Waals surface area contributed by atoms with Gasteiger partial charge in [0.25, 0.3) is 0 Å². The van der Waals surface area contributed by atoms with E-state index in [1.165, 1.54) is 11.3 Å². The highest BCUT2D eigenvalue weighted by Gasteiger charge is 2.05. The van der Waals surface area contributed by atoms with Crippen molar-refractivity contribution in [3.63, 3.8) is 0 Å². The van der Waals surface area contributed by atoms with Gasteiger partial charge in [0.2, 0.25) is 0 Å². The van der Waals surface area contributed by atoms with Gasteiger partial charge >= 0.3 is 0 Å². The quantitative estimate of drug-likeness (QED) is 0.722. The van der Waals surface area contributed by atoms with E-state index in [1.54, 1.807) is 7.11 Å². The molecule has 0 atom stereocenters. The van der Waals surface area contributed by atoms with Crippen molar-refractivity contribution >= 4 is 5.65 Å². The van der Waals surface area contributed by atoms with E-state index in [0.29, 0.717) is 0 Å². The van der Waals surface area contributed by atoms with E-state index in [9.17, 15) is 0 Å². The molecule has 2 aromatic heterocycles. The molecule has 0 N–H and O–H groups in total. The fraction of sp³-hybridized carbons (Fsp3) is 0.235. The van der Waals surface area contributed by atoms with Crippen molar-refractivity contribution in [1.82, 2.24) is 9.38 Å². The van der Waals surface area contributed by atoms with Crippen LogP contribution >= 0.6 is 0 Å². The second-order valence-electron chi connectivity index (χ2n) is 4.96. The minimum Gasteiger partial charge on any atom is -0.384 e. The molecule has 3 nitrogen and oxygen atoms in total. The summed E-state index contributed by atoms with van der Waals surface area (Å²) in [6, 6.07) is 14.7. The van der Waals surface area contributed by atoms with Gasteiger partial charge < -0.3 is 9.14 Å². The van der Waals surface area contributed by atoms with Crippen LogP contribution in [0.25, 0.3) is 16.9 Å². The number of aromatic nitrogens is 2. The van der Waals surface area contributed by atoms with E-state index in [4.69, 9.17) is 4.74 Å². The maximum Gasteiger partial charge on any atom is 0.137 e. The van der Waals surface area contributed by atoms with Gasteiger partial charge in [0.1, 0.15) is 5.65 Å². The second kappa shape index (κ2) is 5.47. The van der Waals surface area contributed by atoms with Crippen LogP contribution in [0.15, 0.2) is 48.7 Å². The largest absolute Gasteiger partial charge is 0.384 e. The summed E-state index contributed by atoms with van der Waals surface area (Å²) in [5.74, 6) is 0. The average molecular weight is 266 g/mol. The van der Waals surface area contributed by atoms with E-state index < -0.39 is 0 Å². The lowest BCUT2D eigenvalue weighted by Crippen LogP contribution is -1.93. The zero-order valence-electron chi connectivity index (χ0n) is 11.8. The predicted octanol–water partition coefficient (Wildman–Crippen LogP) is 3.50. The number of hydrogen-bond donors (Lipinski definition) is 0. The summed E-state index contributed by atoms with van der Waals surface area (Å²) in [5, 5.41) is 0. The van der Waals surface area contributed by atoms with Crippen LogP contribution in [0.3, 0.4) is 0 Å². The van der Waals surface area contributed by atoms with E-state index in [1.807, 2.05) is 12.1 Å². The number of methoxy groups -OCH3 is 1. The second-order valence-corrected chi connectivity index (χ2v) is 4.96. The highest BCUT2D eigenvalue weighted by Crippen LogP contribution is 2.20. The monoisotopic (exact) mass is 266 g/mol. The van der Waals surface area contributed by atoms with Crippen molar-refractivity contribution in [2.24, 2.45) is 0 Å². The number of hydrogen-bond acceptors (Lipinski definition) is 2. The fourth-order valence-electron chi connectivity index (χ4n) is 2.35. The minimum atomic E-state index is 0.757. The van der Waals surface area contributed by atoms with Crippen LogP contribution in [0.2, 0.25) is 0 Å². The smallest absolute Gasteiger partial charge is 0.137 e. The van der Waals surface area contributed by atoms with Crippen LogP contribution in [0.1, 0.15) is 11.3 Å². The zero-order valence-corrected chi connectivity index (χ0v) is 11.8. The van der Waals surface area contributed by atoms with Crippen LogP contribution in [-0.4, -0.2) is 23.1 Å². The molecule has 0 aliphatic carbocycles. The summed E-state index contributed by atoms with van der Waals surface area (Å²) >= 11 is 0. The summed E-state index contributed by atoms with van der Waals surface area (Å²) in [4.78, 5) is 4.67. The van der Waals surface area contributed by atoms with Gasteiger partial charge in [-0.05, 0) is 31.0 Å². The molecule has 3 aromatic rings. The Balaban J connectivity index is 1.92. The van der Waals surface area contributed by atoms with Gasteiger partial charge in [-0.25, -0.2) is 4.98 Å². The van der Waals surface area contributed by atoms with Crippen molar-refractivity contribution < 1.29 is 4.74 Å². The molecule has 2 heterocycles. The Morgan fingerprint density at radius 3 is 2.60 bits per heavy atom. The minimum absolute atomic E-state index is 0.757. The van der Waals surface area contributed by atoms with Gasteiger partial charge in [-0.2, -0.15) is 0 Å². The number of ether oxygens (including phenoxy) is 1. The van der Waals surface area contributed by atoms with Crippen LogP contribution in [-0.2, 0) is 11.2 Å². The zero-order chi connectivity index (χ0) is 13.9. The van der Waals surface area contributed by atoms with Gasteiger partial charge in [-0.3, -0.25) is 0 Å². The van der Waals surface area contributed by atoms with Crippen molar-refractivity contribution in [2.75, 3.05) is 13.7 Å². The Hall–Kier alpha value is -2.13. The standard InChI is InChI=1S/C17H18N2O/c1-13-4-3-5-17-18-16(12-19(13)17)15-8-6-14(7-9-15)10-11-20-2/h3-9,12H,10-11H2,1-2H3. The molecule has 0 amide bonds. The SMILES string of the molecule is COCCc1ccc(-c2cn3c(C)cccc3n2)cc1. The summed E-state index contributed by atoms with van der Waals surface area (Å²) in [5.41, 5.74) is 5.63. The summed E-state index contributed by atoms with van der Waals surface area (Å²) in [7, 11) is 1.73. The third-order valence-corrected chi connectivity index (χ3v) is 3.54. The van der Waals surface area contributed by atoms with Crippen LogP contribution < -0.4 is 0 Å². The molecule has 0 saturated heterocycles. The molecule has 0 aliphatic heterocycles. The van der Waals surface area contributed by atoms with Crippen molar-refractivity contribution in [2.45, 2.75) is 13.3 Å².